The molecule has 0 aliphatic heterocycles. The lowest BCUT2D eigenvalue weighted by molar-refractivity contribution is -0.384. The van der Waals surface area contributed by atoms with E-state index >= 15 is 0 Å². The Labute approximate surface area is 162 Å². The van der Waals surface area contributed by atoms with Crippen molar-refractivity contribution >= 4 is 5.69 Å². The van der Waals surface area contributed by atoms with E-state index in [1.807, 2.05) is 18.2 Å². The molecule has 0 unspecified atom stereocenters. The zero-order chi connectivity index (χ0) is 19.7. The zero-order valence-electron chi connectivity index (χ0n) is 15.8. The average Bonchev–Trinajstić information content (AvgIpc) is 3.16. The van der Waals surface area contributed by atoms with Gasteiger partial charge in [0.1, 0.15) is 17.2 Å². The van der Waals surface area contributed by atoms with Gasteiger partial charge in [0.2, 0.25) is 0 Å². The number of H-pyrrole nitrogens is 1. The molecule has 28 heavy (non-hydrogen) atoms. The van der Waals surface area contributed by atoms with Gasteiger partial charge in [-0.2, -0.15) is 5.10 Å². The van der Waals surface area contributed by atoms with Crippen molar-refractivity contribution in [2.24, 2.45) is 0 Å². The number of nitrogens with zero attached hydrogens (tertiary/aromatic N) is 2. The van der Waals surface area contributed by atoms with E-state index in [-0.39, 0.29) is 10.6 Å². The molecule has 2 aromatic carbocycles. The Morgan fingerprint density at radius 1 is 1.14 bits per heavy atom. The van der Waals surface area contributed by atoms with Crippen molar-refractivity contribution in [3.8, 4) is 22.8 Å². The third-order valence-electron chi connectivity index (χ3n) is 5.35. The van der Waals surface area contributed by atoms with E-state index in [0.717, 1.165) is 47.6 Å². The zero-order valence-corrected chi connectivity index (χ0v) is 15.8. The molecule has 1 N–H and O–H groups in total. The lowest BCUT2D eigenvalue weighted by atomic mass is 9.81. The van der Waals surface area contributed by atoms with E-state index in [9.17, 15) is 10.1 Å². The van der Waals surface area contributed by atoms with E-state index in [1.54, 1.807) is 32.4 Å². The molecular weight excluding hydrogens is 358 g/mol. The second-order valence-electron chi connectivity index (χ2n) is 6.89. The van der Waals surface area contributed by atoms with Gasteiger partial charge >= 0.3 is 0 Å². The second-order valence-corrected chi connectivity index (χ2v) is 6.89. The van der Waals surface area contributed by atoms with Gasteiger partial charge in [-0.25, -0.2) is 0 Å². The maximum Gasteiger partial charge on any atom is 0.278 e. The van der Waals surface area contributed by atoms with Crippen LogP contribution in [0, 0.1) is 10.1 Å². The standard InChI is InChI=1S/C21H21N3O4/c1-27-15-9-14(10-16(12-15)28-2)13-7-8-17-19(11-13)22-23-21(17)18-5-3-4-6-20(18)24(25)26/h3-6,9-10,12-13H,7-8,11H2,1-2H3,(H,22,23)/t13-/m0/s1. The van der Waals surface area contributed by atoms with Crippen LogP contribution in [0.25, 0.3) is 11.3 Å². The van der Waals surface area contributed by atoms with Crippen LogP contribution in [0.3, 0.4) is 0 Å². The molecule has 4 rings (SSSR count). The molecule has 1 aliphatic carbocycles. The average molecular weight is 379 g/mol. The van der Waals surface area contributed by atoms with Crippen molar-refractivity contribution < 1.29 is 14.4 Å². The van der Waals surface area contributed by atoms with Crippen LogP contribution in [-0.2, 0) is 12.8 Å². The van der Waals surface area contributed by atoms with E-state index in [0.29, 0.717) is 17.2 Å². The van der Waals surface area contributed by atoms with Gasteiger partial charge in [0.05, 0.1) is 24.7 Å². The minimum absolute atomic E-state index is 0.0801. The molecular formula is C21H21N3O4. The first kappa shape index (κ1) is 18.0. The fraction of sp³-hybridized carbons (Fsp3) is 0.286. The Balaban J connectivity index is 1.67. The molecule has 0 radical (unpaired) electrons. The number of methoxy groups -OCH3 is 2. The summed E-state index contributed by atoms with van der Waals surface area (Å²) in [6.45, 7) is 0. The largest absolute Gasteiger partial charge is 0.497 e. The maximum absolute atomic E-state index is 11.4. The van der Waals surface area contributed by atoms with Gasteiger partial charge < -0.3 is 9.47 Å². The number of benzene rings is 2. The Morgan fingerprint density at radius 3 is 2.54 bits per heavy atom. The Hall–Kier alpha value is -3.35. The number of nitrogens with one attached hydrogen (secondary N) is 1. The molecule has 0 fully saturated rings. The van der Waals surface area contributed by atoms with Gasteiger partial charge in [-0.1, -0.05) is 12.1 Å². The molecule has 7 nitrogen and oxygen atoms in total. The lowest BCUT2D eigenvalue weighted by Crippen LogP contribution is -2.13. The lowest BCUT2D eigenvalue weighted by Gasteiger charge is -2.23. The molecule has 0 spiro atoms. The fourth-order valence-corrected chi connectivity index (χ4v) is 3.91. The number of nitro benzene ring substituents is 1. The first-order chi connectivity index (χ1) is 13.6. The predicted molar refractivity (Wildman–Crippen MR) is 105 cm³/mol. The summed E-state index contributed by atoms with van der Waals surface area (Å²) in [5.41, 5.74) is 4.59. The van der Waals surface area contributed by atoms with Gasteiger partial charge in [0.25, 0.3) is 5.69 Å². The molecule has 1 aromatic heterocycles. The molecule has 144 valence electrons. The summed E-state index contributed by atoms with van der Waals surface area (Å²) in [6.07, 6.45) is 2.52. The van der Waals surface area contributed by atoms with Crippen molar-refractivity contribution in [3.05, 3.63) is 69.4 Å². The van der Waals surface area contributed by atoms with Gasteiger partial charge in [0, 0.05) is 23.4 Å². The number of rotatable bonds is 5. The van der Waals surface area contributed by atoms with Crippen LogP contribution in [0.2, 0.25) is 0 Å². The summed E-state index contributed by atoms with van der Waals surface area (Å²) < 4.78 is 10.8. The summed E-state index contributed by atoms with van der Waals surface area (Å²) in [7, 11) is 3.29. The van der Waals surface area contributed by atoms with E-state index < -0.39 is 0 Å². The number of ether oxygens (including phenoxy) is 2. The van der Waals surface area contributed by atoms with Gasteiger partial charge in [0.15, 0.2) is 0 Å². The summed E-state index contributed by atoms with van der Waals surface area (Å²) in [6, 6.07) is 12.7. The molecule has 0 saturated heterocycles. The van der Waals surface area contributed by atoms with Gasteiger partial charge in [-0.05, 0) is 48.9 Å². The molecule has 1 atom stereocenters. The highest BCUT2D eigenvalue weighted by Crippen LogP contribution is 2.40. The first-order valence-electron chi connectivity index (χ1n) is 9.13. The highest BCUT2D eigenvalue weighted by Gasteiger charge is 2.28. The van der Waals surface area contributed by atoms with Crippen molar-refractivity contribution in [1.29, 1.82) is 0 Å². The molecule has 7 heteroatoms. The summed E-state index contributed by atoms with van der Waals surface area (Å²) in [4.78, 5) is 11.0. The van der Waals surface area contributed by atoms with Crippen LogP contribution in [0.4, 0.5) is 5.69 Å². The van der Waals surface area contributed by atoms with Crippen molar-refractivity contribution in [2.75, 3.05) is 14.2 Å². The van der Waals surface area contributed by atoms with Crippen LogP contribution in [0.5, 0.6) is 11.5 Å². The highest BCUT2D eigenvalue weighted by atomic mass is 16.6. The highest BCUT2D eigenvalue weighted by molar-refractivity contribution is 5.73. The predicted octanol–water partition coefficient (Wildman–Crippen LogP) is 4.27. The van der Waals surface area contributed by atoms with Crippen LogP contribution in [0.15, 0.2) is 42.5 Å². The van der Waals surface area contributed by atoms with Crippen molar-refractivity contribution in [1.82, 2.24) is 10.2 Å². The monoisotopic (exact) mass is 379 g/mol. The maximum atomic E-state index is 11.4. The first-order valence-corrected chi connectivity index (χ1v) is 9.13. The number of hydrogen-bond acceptors (Lipinski definition) is 5. The summed E-state index contributed by atoms with van der Waals surface area (Å²) in [5.74, 6) is 1.84. The number of para-hydroxylation sites is 1. The topological polar surface area (TPSA) is 90.3 Å². The molecule has 1 heterocycles. The Morgan fingerprint density at radius 2 is 1.86 bits per heavy atom. The van der Waals surface area contributed by atoms with Crippen LogP contribution >= 0.6 is 0 Å². The fourth-order valence-electron chi connectivity index (χ4n) is 3.91. The van der Waals surface area contributed by atoms with Crippen LogP contribution in [0.1, 0.15) is 29.2 Å². The van der Waals surface area contributed by atoms with E-state index in [4.69, 9.17) is 9.47 Å². The smallest absolute Gasteiger partial charge is 0.278 e. The number of aromatic amines is 1. The van der Waals surface area contributed by atoms with E-state index in [2.05, 4.69) is 10.2 Å². The summed E-state index contributed by atoms with van der Waals surface area (Å²) >= 11 is 0. The van der Waals surface area contributed by atoms with Gasteiger partial charge in [-0.15, -0.1) is 0 Å². The third-order valence-corrected chi connectivity index (χ3v) is 5.35. The minimum Gasteiger partial charge on any atom is -0.497 e. The molecule has 3 aromatic rings. The van der Waals surface area contributed by atoms with E-state index in [1.165, 1.54) is 6.07 Å². The molecule has 1 aliphatic rings. The number of fused-ring (bicyclic) bond motifs is 1. The third kappa shape index (κ3) is 3.19. The van der Waals surface area contributed by atoms with Crippen LogP contribution < -0.4 is 9.47 Å². The number of hydrogen-bond donors (Lipinski definition) is 1. The Kier molecular flexibility index (Phi) is 4.73. The van der Waals surface area contributed by atoms with Crippen molar-refractivity contribution in [2.45, 2.75) is 25.2 Å². The number of nitro groups is 1. The van der Waals surface area contributed by atoms with Crippen molar-refractivity contribution in [3.63, 3.8) is 0 Å². The second kappa shape index (κ2) is 7.34. The quantitative estimate of drug-likeness (QED) is 0.528. The number of aromatic nitrogens is 2. The van der Waals surface area contributed by atoms with Gasteiger partial charge in [-0.3, -0.25) is 15.2 Å². The minimum atomic E-state index is -0.357. The normalized spacial score (nSPS) is 15.7. The summed E-state index contributed by atoms with van der Waals surface area (Å²) in [5, 5.41) is 18.9. The molecule has 0 saturated carbocycles. The van der Waals surface area contributed by atoms with Crippen LogP contribution in [-0.4, -0.2) is 29.3 Å². The molecule has 0 amide bonds. The molecule has 0 bridgehead atoms. The Bertz CT molecular complexity index is 1010. The SMILES string of the molecule is COc1cc(OC)cc([C@H]2CCc3c(-c4ccccc4[N+](=O)[O-])n[nH]c3C2)c1.